The van der Waals surface area contributed by atoms with Gasteiger partial charge in [0.05, 0.1) is 12.3 Å². The normalized spacial score (nSPS) is 10.2. The number of pyridine rings is 1. The first kappa shape index (κ1) is 13.9. The molecule has 2 rings (SSSR count). The maximum atomic E-state index is 5.83. The summed E-state index contributed by atoms with van der Waals surface area (Å²) in [5, 5.41) is 3.23. The van der Waals surface area contributed by atoms with Crippen LogP contribution in [0.5, 0.6) is 5.88 Å². The lowest BCUT2D eigenvalue weighted by Crippen LogP contribution is -2.03. The molecule has 0 saturated carbocycles. The van der Waals surface area contributed by atoms with Gasteiger partial charge in [-0.2, -0.15) is 4.98 Å². The summed E-state index contributed by atoms with van der Waals surface area (Å²) in [5.74, 6) is 1.21. The SMILES string of the molecule is CCCOc1nc(Nc2ccc(I)cc2)ccc1N. The Bertz CT molecular complexity index is 543. The van der Waals surface area contributed by atoms with E-state index in [2.05, 4.69) is 32.9 Å². The minimum Gasteiger partial charge on any atom is -0.476 e. The molecule has 0 aliphatic carbocycles. The summed E-state index contributed by atoms with van der Waals surface area (Å²) in [6.07, 6.45) is 0.926. The molecule has 0 saturated heterocycles. The van der Waals surface area contributed by atoms with Gasteiger partial charge in [0.2, 0.25) is 5.88 Å². The predicted molar refractivity (Wildman–Crippen MR) is 86.9 cm³/mol. The van der Waals surface area contributed by atoms with Crippen molar-refractivity contribution >= 4 is 39.8 Å². The molecule has 0 bridgehead atoms. The molecule has 0 unspecified atom stereocenters. The van der Waals surface area contributed by atoms with Crippen LogP contribution in [-0.2, 0) is 0 Å². The van der Waals surface area contributed by atoms with Crippen molar-refractivity contribution in [1.29, 1.82) is 0 Å². The number of aromatic nitrogens is 1. The highest BCUT2D eigenvalue weighted by Crippen LogP contribution is 2.23. The molecule has 0 aliphatic heterocycles. The van der Waals surface area contributed by atoms with E-state index in [1.165, 1.54) is 3.57 Å². The summed E-state index contributed by atoms with van der Waals surface area (Å²) in [6.45, 7) is 2.66. The second kappa shape index (κ2) is 6.60. The molecule has 0 radical (unpaired) electrons. The van der Waals surface area contributed by atoms with Crippen molar-refractivity contribution in [3.05, 3.63) is 40.0 Å². The minimum atomic E-state index is 0.484. The Morgan fingerprint density at radius 1 is 1.21 bits per heavy atom. The number of hydrogen-bond donors (Lipinski definition) is 2. The maximum absolute atomic E-state index is 5.83. The molecule has 4 nitrogen and oxygen atoms in total. The Labute approximate surface area is 126 Å². The van der Waals surface area contributed by atoms with E-state index in [-0.39, 0.29) is 0 Å². The Morgan fingerprint density at radius 2 is 1.95 bits per heavy atom. The van der Waals surface area contributed by atoms with Crippen LogP contribution in [0.2, 0.25) is 0 Å². The van der Waals surface area contributed by atoms with E-state index in [0.29, 0.717) is 18.2 Å². The van der Waals surface area contributed by atoms with Gasteiger partial charge >= 0.3 is 0 Å². The molecule has 5 heteroatoms. The van der Waals surface area contributed by atoms with Crippen LogP contribution < -0.4 is 15.8 Å². The third-order valence-corrected chi connectivity index (χ3v) is 3.17. The summed E-state index contributed by atoms with van der Waals surface area (Å²) in [7, 11) is 0. The van der Waals surface area contributed by atoms with Crippen LogP contribution in [0, 0.1) is 3.57 Å². The summed E-state index contributed by atoms with van der Waals surface area (Å²) >= 11 is 2.27. The quantitative estimate of drug-likeness (QED) is 0.788. The maximum Gasteiger partial charge on any atom is 0.239 e. The van der Waals surface area contributed by atoms with Gasteiger partial charge in [-0.05, 0) is 65.4 Å². The summed E-state index contributed by atoms with van der Waals surface area (Å²) in [4.78, 5) is 4.37. The molecule has 0 spiro atoms. The van der Waals surface area contributed by atoms with Crippen molar-refractivity contribution in [2.45, 2.75) is 13.3 Å². The fraction of sp³-hybridized carbons (Fsp3) is 0.214. The van der Waals surface area contributed by atoms with Crippen LogP contribution in [-0.4, -0.2) is 11.6 Å². The van der Waals surface area contributed by atoms with E-state index < -0.39 is 0 Å². The molecule has 1 heterocycles. The van der Waals surface area contributed by atoms with E-state index in [1.54, 1.807) is 6.07 Å². The molecule has 1 aromatic carbocycles. The van der Waals surface area contributed by atoms with Crippen molar-refractivity contribution in [3.8, 4) is 5.88 Å². The monoisotopic (exact) mass is 369 g/mol. The van der Waals surface area contributed by atoms with Crippen LogP contribution >= 0.6 is 22.6 Å². The zero-order valence-electron chi connectivity index (χ0n) is 10.7. The fourth-order valence-corrected chi connectivity index (χ4v) is 1.88. The van der Waals surface area contributed by atoms with Gasteiger partial charge in [-0.25, -0.2) is 0 Å². The molecule has 0 amide bonds. The van der Waals surface area contributed by atoms with Crippen LogP contribution in [0.4, 0.5) is 17.2 Å². The minimum absolute atomic E-state index is 0.484. The molecule has 2 aromatic rings. The molecular formula is C14H16IN3O. The molecule has 0 atom stereocenters. The lowest BCUT2D eigenvalue weighted by atomic mass is 10.3. The highest BCUT2D eigenvalue weighted by atomic mass is 127. The van der Waals surface area contributed by atoms with E-state index >= 15 is 0 Å². The van der Waals surface area contributed by atoms with E-state index in [1.807, 2.05) is 37.3 Å². The standard InChI is InChI=1S/C14H16IN3O/c1-2-9-19-14-12(16)7-8-13(18-14)17-11-5-3-10(15)4-6-11/h3-8H,2,9,16H2,1H3,(H,17,18). The second-order valence-electron chi connectivity index (χ2n) is 4.07. The number of nitrogens with one attached hydrogen (secondary N) is 1. The summed E-state index contributed by atoms with van der Waals surface area (Å²) in [6, 6.07) is 11.7. The lowest BCUT2D eigenvalue weighted by molar-refractivity contribution is 0.307. The lowest BCUT2D eigenvalue weighted by Gasteiger charge is -2.10. The fourth-order valence-electron chi connectivity index (χ4n) is 1.52. The van der Waals surface area contributed by atoms with Crippen LogP contribution in [0.3, 0.4) is 0 Å². The Kier molecular flexibility index (Phi) is 4.84. The number of halogens is 1. The van der Waals surface area contributed by atoms with Crippen LogP contribution in [0.25, 0.3) is 0 Å². The van der Waals surface area contributed by atoms with E-state index in [0.717, 1.165) is 17.9 Å². The van der Waals surface area contributed by atoms with E-state index in [4.69, 9.17) is 10.5 Å². The number of ether oxygens (including phenoxy) is 1. The van der Waals surface area contributed by atoms with Crippen molar-refractivity contribution in [1.82, 2.24) is 4.98 Å². The van der Waals surface area contributed by atoms with Gasteiger partial charge in [0, 0.05) is 9.26 Å². The third-order valence-electron chi connectivity index (χ3n) is 2.45. The molecule has 0 fully saturated rings. The van der Waals surface area contributed by atoms with Gasteiger partial charge in [-0.3, -0.25) is 0 Å². The Morgan fingerprint density at radius 3 is 2.63 bits per heavy atom. The number of nitrogen functional groups attached to an aromatic ring is 1. The first-order valence-electron chi connectivity index (χ1n) is 6.11. The number of benzene rings is 1. The van der Waals surface area contributed by atoms with Gasteiger partial charge in [-0.15, -0.1) is 0 Å². The van der Waals surface area contributed by atoms with Crippen LogP contribution in [0.1, 0.15) is 13.3 Å². The van der Waals surface area contributed by atoms with Crippen molar-refractivity contribution < 1.29 is 4.74 Å². The van der Waals surface area contributed by atoms with Crippen molar-refractivity contribution in [2.75, 3.05) is 17.7 Å². The molecule has 0 aliphatic rings. The average molecular weight is 369 g/mol. The summed E-state index contributed by atoms with van der Waals surface area (Å²) in [5.41, 5.74) is 7.37. The van der Waals surface area contributed by atoms with Gasteiger partial charge in [0.1, 0.15) is 5.82 Å². The zero-order valence-corrected chi connectivity index (χ0v) is 12.8. The second-order valence-corrected chi connectivity index (χ2v) is 5.32. The van der Waals surface area contributed by atoms with Gasteiger partial charge in [0.15, 0.2) is 0 Å². The third kappa shape index (κ3) is 3.99. The first-order chi connectivity index (χ1) is 9.19. The average Bonchev–Trinajstić information content (AvgIpc) is 2.42. The highest BCUT2D eigenvalue weighted by Gasteiger charge is 2.04. The number of hydrogen-bond acceptors (Lipinski definition) is 4. The first-order valence-corrected chi connectivity index (χ1v) is 7.19. The van der Waals surface area contributed by atoms with Gasteiger partial charge in [-0.1, -0.05) is 6.92 Å². The summed E-state index contributed by atoms with van der Waals surface area (Å²) < 4.78 is 6.70. The molecule has 19 heavy (non-hydrogen) atoms. The largest absolute Gasteiger partial charge is 0.476 e. The topological polar surface area (TPSA) is 60.2 Å². The molecular weight excluding hydrogens is 353 g/mol. The highest BCUT2D eigenvalue weighted by molar-refractivity contribution is 14.1. The zero-order chi connectivity index (χ0) is 13.7. The Hall–Kier alpha value is -1.50. The number of nitrogens with zero attached hydrogens (tertiary/aromatic N) is 1. The van der Waals surface area contributed by atoms with Crippen molar-refractivity contribution in [3.63, 3.8) is 0 Å². The predicted octanol–water partition coefficient (Wildman–Crippen LogP) is 3.80. The molecule has 1 aromatic heterocycles. The molecule has 100 valence electrons. The van der Waals surface area contributed by atoms with Gasteiger partial charge in [0.25, 0.3) is 0 Å². The number of anilines is 3. The number of rotatable bonds is 5. The smallest absolute Gasteiger partial charge is 0.239 e. The molecule has 3 N–H and O–H groups in total. The van der Waals surface area contributed by atoms with E-state index in [9.17, 15) is 0 Å². The van der Waals surface area contributed by atoms with Gasteiger partial charge < -0.3 is 15.8 Å². The Balaban J connectivity index is 2.14. The number of nitrogens with two attached hydrogens (primary N) is 1. The van der Waals surface area contributed by atoms with Crippen molar-refractivity contribution in [2.24, 2.45) is 0 Å². The van der Waals surface area contributed by atoms with Crippen LogP contribution in [0.15, 0.2) is 36.4 Å².